The monoisotopic (exact) mass is 225 g/mol. The van der Waals surface area contributed by atoms with Crippen LogP contribution in [-0.4, -0.2) is 29.7 Å². The Bertz CT molecular complexity index is 254. The van der Waals surface area contributed by atoms with Crippen molar-refractivity contribution in [1.29, 1.82) is 0 Å². The standard InChI is InChI=1S/C9H14F3NO2/c10-5-9(11,12)8(3-4-8)2-1-6(13)7(14)15/h6H,1-5,13H2,(H,14,15). The minimum atomic E-state index is -3.34. The molecule has 1 atom stereocenters. The summed E-state index contributed by atoms with van der Waals surface area (Å²) in [5, 5.41) is 8.47. The third-order valence-electron chi connectivity index (χ3n) is 3.05. The first-order valence-electron chi connectivity index (χ1n) is 4.77. The number of nitrogens with two attached hydrogens (primary N) is 1. The second kappa shape index (κ2) is 4.00. The van der Waals surface area contributed by atoms with E-state index in [9.17, 15) is 18.0 Å². The molecule has 3 nitrogen and oxygen atoms in total. The van der Waals surface area contributed by atoms with E-state index in [4.69, 9.17) is 10.8 Å². The van der Waals surface area contributed by atoms with Crippen molar-refractivity contribution in [3.05, 3.63) is 0 Å². The molecule has 0 saturated heterocycles. The zero-order chi connectivity index (χ0) is 11.7. The highest BCUT2D eigenvalue weighted by molar-refractivity contribution is 5.72. The molecule has 0 aromatic heterocycles. The molecule has 0 amide bonds. The molecule has 15 heavy (non-hydrogen) atoms. The van der Waals surface area contributed by atoms with Gasteiger partial charge in [-0.15, -0.1) is 0 Å². The molecule has 0 aromatic carbocycles. The van der Waals surface area contributed by atoms with Crippen LogP contribution < -0.4 is 5.73 Å². The molecular weight excluding hydrogens is 211 g/mol. The van der Waals surface area contributed by atoms with Gasteiger partial charge in [-0.05, 0) is 25.7 Å². The number of hydrogen-bond acceptors (Lipinski definition) is 2. The molecule has 88 valence electrons. The number of rotatable bonds is 6. The van der Waals surface area contributed by atoms with Gasteiger partial charge in [-0.3, -0.25) is 4.79 Å². The fourth-order valence-electron chi connectivity index (χ4n) is 1.65. The van der Waals surface area contributed by atoms with Crippen molar-refractivity contribution in [1.82, 2.24) is 0 Å². The van der Waals surface area contributed by atoms with Crippen molar-refractivity contribution in [3.8, 4) is 0 Å². The Morgan fingerprint density at radius 1 is 1.53 bits per heavy atom. The van der Waals surface area contributed by atoms with Gasteiger partial charge in [0.1, 0.15) is 6.04 Å². The van der Waals surface area contributed by atoms with Crippen LogP contribution in [0.2, 0.25) is 0 Å². The van der Waals surface area contributed by atoms with Crippen molar-refractivity contribution < 1.29 is 23.1 Å². The number of alkyl halides is 3. The van der Waals surface area contributed by atoms with Crippen LogP contribution in [0.3, 0.4) is 0 Å². The van der Waals surface area contributed by atoms with E-state index >= 15 is 0 Å². The van der Waals surface area contributed by atoms with Crippen molar-refractivity contribution in [2.75, 3.05) is 6.67 Å². The smallest absolute Gasteiger partial charge is 0.320 e. The molecule has 1 saturated carbocycles. The van der Waals surface area contributed by atoms with Crippen LogP contribution in [0.25, 0.3) is 0 Å². The van der Waals surface area contributed by atoms with E-state index in [2.05, 4.69) is 0 Å². The summed E-state index contributed by atoms with van der Waals surface area (Å²) in [6.07, 6.45) is 0.425. The van der Waals surface area contributed by atoms with E-state index in [-0.39, 0.29) is 25.7 Å². The molecule has 3 N–H and O–H groups in total. The van der Waals surface area contributed by atoms with Crippen LogP contribution >= 0.6 is 0 Å². The van der Waals surface area contributed by atoms with Gasteiger partial charge in [0.05, 0.1) is 0 Å². The number of carbonyl (C=O) groups is 1. The summed E-state index contributed by atoms with van der Waals surface area (Å²) in [4.78, 5) is 10.4. The average molecular weight is 225 g/mol. The predicted octanol–water partition coefficient (Wildman–Crippen LogP) is 1.56. The molecule has 1 aliphatic rings. The largest absolute Gasteiger partial charge is 0.480 e. The van der Waals surface area contributed by atoms with Crippen molar-refractivity contribution in [3.63, 3.8) is 0 Å². The van der Waals surface area contributed by atoms with E-state index in [0.717, 1.165) is 0 Å². The molecule has 0 heterocycles. The Labute approximate surface area is 85.4 Å². The van der Waals surface area contributed by atoms with E-state index in [1.165, 1.54) is 0 Å². The van der Waals surface area contributed by atoms with Crippen LogP contribution in [0.1, 0.15) is 25.7 Å². The number of aliphatic carboxylic acids is 1. The van der Waals surface area contributed by atoms with E-state index in [0.29, 0.717) is 0 Å². The van der Waals surface area contributed by atoms with Gasteiger partial charge in [-0.2, -0.15) is 0 Å². The summed E-state index contributed by atoms with van der Waals surface area (Å²) in [6.45, 7) is -1.69. The highest BCUT2D eigenvalue weighted by Crippen LogP contribution is 2.60. The number of hydrogen-bond donors (Lipinski definition) is 2. The molecule has 1 unspecified atom stereocenters. The third kappa shape index (κ3) is 2.42. The van der Waals surface area contributed by atoms with E-state index in [1.54, 1.807) is 0 Å². The van der Waals surface area contributed by atoms with E-state index < -0.39 is 30.0 Å². The Balaban J connectivity index is 2.48. The molecule has 0 bridgehead atoms. The lowest BCUT2D eigenvalue weighted by Crippen LogP contribution is -2.36. The average Bonchev–Trinajstić information content (AvgIpc) is 2.95. The third-order valence-corrected chi connectivity index (χ3v) is 3.05. The first-order chi connectivity index (χ1) is 6.84. The van der Waals surface area contributed by atoms with Gasteiger partial charge in [0, 0.05) is 5.41 Å². The quantitative estimate of drug-likeness (QED) is 0.721. The summed E-state index contributed by atoms with van der Waals surface area (Å²) < 4.78 is 38.3. The van der Waals surface area contributed by atoms with Gasteiger partial charge in [-0.1, -0.05) is 0 Å². The zero-order valence-electron chi connectivity index (χ0n) is 8.18. The summed E-state index contributed by atoms with van der Waals surface area (Å²) in [7, 11) is 0. The predicted molar refractivity (Wildman–Crippen MR) is 47.4 cm³/mol. The highest BCUT2D eigenvalue weighted by atomic mass is 19.3. The zero-order valence-corrected chi connectivity index (χ0v) is 8.18. The van der Waals surface area contributed by atoms with Crippen molar-refractivity contribution >= 4 is 5.97 Å². The second-order valence-corrected chi connectivity index (χ2v) is 4.10. The minimum Gasteiger partial charge on any atom is -0.480 e. The number of carboxylic acids is 1. The molecule has 1 fully saturated rings. The van der Waals surface area contributed by atoms with Gasteiger partial charge in [0.2, 0.25) is 0 Å². The lowest BCUT2D eigenvalue weighted by molar-refractivity contribution is -0.139. The normalized spacial score (nSPS) is 21.1. The maximum atomic E-state index is 13.1. The maximum Gasteiger partial charge on any atom is 0.320 e. The number of carboxylic acid groups (broad SMARTS) is 1. The Kier molecular flexibility index (Phi) is 3.28. The van der Waals surface area contributed by atoms with Crippen LogP contribution in [0.15, 0.2) is 0 Å². The van der Waals surface area contributed by atoms with Crippen molar-refractivity contribution in [2.24, 2.45) is 11.1 Å². The van der Waals surface area contributed by atoms with Crippen LogP contribution in [-0.2, 0) is 4.79 Å². The molecule has 1 rings (SSSR count). The summed E-state index contributed by atoms with van der Waals surface area (Å²) in [5.74, 6) is -4.56. The maximum absolute atomic E-state index is 13.1. The van der Waals surface area contributed by atoms with Gasteiger partial charge in [0.25, 0.3) is 5.92 Å². The van der Waals surface area contributed by atoms with Crippen molar-refractivity contribution in [2.45, 2.75) is 37.6 Å². The van der Waals surface area contributed by atoms with Gasteiger partial charge in [-0.25, -0.2) is 13.2 Å². The first kappa shape index (κ1) is 12.3. The van der Waals surface area contributed by atoms with Gasteiger partial charge < -0.3 is 10.8 Å². The Hall–Kier alpha value is -0.780. The lowest BCUT2D eigenvalue weighted by Gasteiger charge is -2.24. The molecule has 0 aromatic rings. The number of halogens is 3. The second-order valence-electron chi connectivity index (χ2n) is 4.10. The lowest BCUT2D eigenvalue weighted by atomic mass is 9.91. The minimum absolute atomic E-state index is 0.0304. The van der Waals surface area contributed by atoms with Gasteiger partial charge >= 0.3 is 5.97 Å². The molecule has 1 aliphatic carbocycles. The Morgan fingerprint density at radius 2 is 2.07 bits per heavy atom. The van der Waals surface area contributed by atoms with Crippen LogP contribution in [0.5, 0.6) is 0 Å². The topological polar surface area (TPSA) is 63.3 Å². The van der Waals surface area contributed by atoms with E-state index in [1.807, 2.05) is 0 Å². The van der Waals surface area contributed by atoms with Crippen LogP contribution in [0, 0.1) is 5.41 Å². The fourth-order valence-corrected chi connectivity index (χ4v) is 1.65. The molecule has 0 aliphatic heterocycles. The highest BCUT2D eigenvalue weighted by Gasteiger charge is 2.61. The summed E-state index contributed by atoms with van der Waals surface area (Å²) in [5.41, 5.74) is 3.86. The van der Waals surface area contributed by atoms with Crippen LogP contribution in [0.4, 0.5) is 13.2 Å². The molecular formula is C9H14F3NO2. The molecule has 0 spiro atoms. The summed E-state index contributed by atoms with van der Waals surface area (Å²) >= 11 is 0. The molecule has 0 radical (unpaired) electrons. The fraction of sp³-hybridized carbons (Fsp3) is 0.889. The SMILES string of the molecule is NC(CCC1(C(F)(F)CF)CC1)C(=O)O. The molecule has 6 heteroatoms. The first-order valence-corrected chi connectivity index (χ1v) is 4.77. The Morgan fingerprint density at radius 3 is 2.40 bits per heavy atom. The summed E-state index contributed by atoms with van der Waals surface area (Å²) in [6, 6.07) is -1.14. The van der Waals surface area contributed by atoms with Gasteiger partial charge in [0.15, 0.2) is 6.67 Å².